The lowest BCUT2D eigenvalue weighted by Gasteiger charge is -2.29. The lowest BCUT2D eigenvalue weighted by Crippen LogP contribution is -2.37. The Labute approximate surface area is 135 Å². The molecule has 1 aromatic carbocycles. The van der Waals surface area contributed by atoms with Crippen molar-refractivity contribution in [2.75, 3.05) is 0 Å². The number of aromatic carboxylic acids is 1. The summed E-state index contributed by atoms with van der Waals surface area (Å²) in [6, 6.07) is 12.7. The first-order valence-electron chi connectivity index (χ1n) is 7.49. The van der Waals surface area contributed by atoms with E-state index in [1.807, 2.05) is 25.1 Å². The Hall–Kier alpha value is -2.56. The number of rotatable bonds is 6. The molecule has 5 heteroatoms. The van der Waals surface area contributed by atoms with Gasteiger partial charge in [-0.15, -0.1) is 0 Å². The molecule has 2 rings (SSSR count). The molecule has 0 aliphatic rings. The molecule has 0 saturated carbocycles. The highest BCUT2D eigenvalue weighted by molar-refractivity contribution is 5.93. The highest BCUT2D eigenvalue weighted by Gasteiger charge is 2.25. The second kappa shape index (κ2) is 6.69. The highest BCUT2D eigenvalue weighted by atomic mass is 16.4. The average molecular weight is 315 g/mol. The van der Waals surface area contributed by atoms with Gasteiger partial charge in [-0.05, 0) is 36.5 Å². The van der Waals surface area contributed by atoms with E-state index in [0.29, 0.717) is 0 Å². The predicted octanol–water partition coefficient (Wildman–Crippen LogP) is 3.46. The van der Waals surface area contributed by atoms with E-state index in [4.69, 9.17) is 9.52 Å². The van der Waals surface area contributed by atoms with E-state index >= 15 is 0 Å². The summed E-state index contributed by atoms with van der Waals surface area (Å²) in [6.45, 7) is 6.17. The maximum atomic E-state index is 12.1. The van der Waals surface area contributed by atoms with Gasteiger partial charge in [0.15, 0.2) is 5.76 Å². The molecule has 0 saturated heterocycles. The van der Waals surface area contributed by atoms with Gasteiger partial charge >= 0.3 is 5.97 Å². The Morgan fingerprint density at radius 3 is 2.30 bits per heavy atom. The van der Waals surface area contributed by atoms with Crippen LogP contribution in [0, 0.1) is 0 Å². The number of hydrogen-bond acceptors (Lipinski definition) is 3. The van der Waals surface area contributed by atoms with E-state index in [2.05, 4.69) is 31.3 Å². The van der Waals surface area contributed by atoms with Gasteiger partial charge in [0, 0.05) is 6.04 Å². The number of carboxylic acids is 1. The van der Waals surface area contributed by atoms with E-state index < -0.39 is 11.9 Å². The van der Waals surface area contributed by atoms with Crippen LogP contribution < -0.4 is 5.32 Å². The van der Waals surface area contributed by atoms with Crippen molar-refractivity contribution in [3.63, 3.8) is 0 Å². The first-order valence-corrected chi connectivity index (χ1v) is 7.49. The van der Waals surface area contributed by atoms with Crippen molar-refractivity contribution in [1.29, 1.82) is 0 Å². The molecule has 23 heavy (non-hydrogen) atoms. The van der Waals surface area contributed by atoms with E-state index in [1.165, 1.54) is 17.7 Å². The molecule has 2 aromatic rings. The van der Waals surface area contributed by atoms with Crippen molar-refractivity contribution in [2.24, 2.45) is 0 Å². The second-order valence-electron chi connectivity index (χ2n) is 6.30. The summed E-state index contributed by atoms with van der Waals surface area (Å²) in [4.78, 5) is 22.9. The van der Waals surface area contributed by atoms with Crippen molar-refractivity contribution in [3.05, 3.63) is 59.5 Å². The van der Waals surface area contributed by atoms with Crippen LogP contribution in [0.1, 0.15) is 53.9 Å². The van der Waals surface area contributed by atoms with Crippen molar-refractivity contribution < 1.29 is 19.1 Å². The zero-order valence-electron chi connectivity index (χ0n) is 13.5. The quantitative estimate of drug-likeness (QED) is 0.855. The van der Waals surface area contributed by atoms with E-state index in [-0.39, 0.29) is 23.0 Å². The number of carbonyl (C=O) groups is 2. The van der Waals surface area contributed by atoms with Gasteiger partial charge in [-0.25, -0.2) is 4.79 Å². The Kier molecular flexibility index (Phi) is 4.89. The van der Waals surface area contributed by atoms with Crippen molar-refractivity contribution in [2.45, 2.75) is 38.6 Å². The molecule has 5 nitrogen and oxygen atoms in total. The summed E-state index contributed by atoms with van der Waals surface area (Å²) in [7, 11) is 0. The van der Waals surface area contributed by atoms with Gasteiger partial charge in [0.2, 0.25) is 5.76 Å². The van der Waals surface area contributed by atoms with Crippen LogP contribution in [0.25, 0.3) is 0 Å². The molecular weight excluding hydrogens is 294 g/mol. The third-order valence-corrected chi connectivity index (χ3v) is 3.79. The second-order valence-corrected chi connectivity index (χ2v) is 6.30. The Balaban J connectivity index is 1.99. The summed E-state index contributed by atoms with van der Waals surface area (Å²) < 4.78 is 5.01. The fraction of sp³-hybridized carbons (Fsp3) is 0.333. The van der Waals surface area contributed by atoms with Crippen LogP contribution in [-0.4, -0.2) is 23.0 Å². The summed E-state index contributed by atoms with van der Waals surface area (Å²) in [5.74, 6) is -1.84. The highest BCUT2D eigenvalue weighted by Crippen LogP contribution is 2.28. The zero-order chi connectivity index (χ0) is 17.0. The molecule has 1 amide bonds. The minimum absolute atomic E-state index is 0.00627. The van der Waals surface area contributed by atoms with Gasteiger partial charge in [-0.3, -0.25) is 4.79 Å². The molecule has 1 aromatic heterocycles. The Morgan fingerprint density at radius 2 is 1.74 bits per heavy atom. The minimum atomic E-state index is -1.19. The van der Waals surface area contributed by atoms with E-state index in [1.54, 1.807) is 0 Å². The molecule has 1 unspecified atom stereocenters. The number of furan rings is 1. The zero-order valence-corrected chi connectivity index (χ0v) is 13.5. The number of nitrogens with one attached hydrogen (secondary N) is 1. The van der Waals surface area contributed by atoms with Crippen LogP contribution in [0.3, 0.4) is 0 Å². The lowest BCUT2D eigenvalue weighted by molar-refractivity contribution is 0.0659. The van der Waals surface area contributed by atoms with Crippen molar-refractivity contribution >= 4 is 11.9 Å². The molecule has 1 atom stereocenters. The number of amides is 1. The average Bonchev–Trinajstić information content (AvgIpc) is 2.97. The van der Waals surface area contributed by atoms with Crippen molar-refractivity contribution in [3.8, 4) is 0 Å². The minimum Gasteiger partial charge on any atom is -0.475 e. The van der Waals surface area contributed by atoms with Crippen LogP contribution in [0.5, 0.6) is 0 Å². The fourth-order valence-electron chi connectivity index (χ4n) is 2.69. The standard InChI is InChI=1S/C18H21NO4/c1-12(11-18(2,3)13-7-5-4-6-8-13)19-16(20)14-9-10-15(23-14)17(21)22/h4-10,12H,11H2,1-3H3,(H,19,20)(H,21,22). The number of carboxylic acid groups (broad SMARTS) is 1. The molecule has 122 valence electrons. The summed E-state index contributed by atoms with van der Waals surface area (Å²) >= 11 is 0. The van der Waals surface area contributed by atoms with Crippen LogP contribution >= 0.6 is 0 Å². The van der Waals surface area contributed by atoms with Crippen LogP contribution in [0.4, 0.5) is 0 Å². The fourth-order valence-corrected chi connectivity index (χ4v) is 2.69. The largest absolute Gasteiger partial charge is 0.475 e. The van der Waals surface area contributed by atoms with Gasteiger partial charge < -0.3 is 14.8 Å². The topological polar surface area (TPSA) is 79.5 Å². The molecule has 0 fully saturated rings. The summed E-state index contributed by atoms with van der Waals surface area (Å²) in [5, 5.41) is 11.7. The maximum absolute atomic E-state index is 12.1. The molecule has 0 radical (unpaired) electrons. The smallest absolute Gasteiger partial charge is 0.371 e. The van der Waals surface area contributed by atoms with Crippen LogP contribution in [-0.2, 0) is 5.41 Å². The predicted molar refractivity (Wildman–Crippen MR) is 86.7 cm³/mol. The van der Waals surface area contributed by atoms with Gasteiger partial charge in [0.25, 0.3) is 5.91 Å². The van der Waals surface area contributed by atoms with Crippen LogP contribution in [0.2, 0.25) is 0 Å². The van der Waals surface area contributed by atoms with Gasteiger partial charge in [-0.2, -0.15) is 0 Å². The Morgan fingerprint density at radius 1 is 1.13 bits per heavy atom. The maximum Gasteiger partial charge on any atom is 0.371 e. The molecular formula is C18H21NO4. The molecule has 0 aliphatic heterocycles. The third-order valence-electron chi connectivity index (χ3n) is 3.79. The molecule has 0 spiro atoms. The summed E-state index contributed by atoms with van der Waals surface area (Å²) in [6.07, 6.45) is 0.745. The molecule has 1 heterocycles. The van der Waals surface area contributed by atoms with Gasteiger partial charge in [0.05, 0.1) is 0 Å². The Bertz CT molecular complexity index is 688. The number of hydrogen-bond donors (Lipinski definition) is 2. The normalized spacial score (nSPS) is 12.7. The molecule has 2 N–H and O–H groups in total. The van der Waals surface area contributed by atoms with E-state index in [0.717, 1.165) is 6.42 Å². The van der Waals surface area contributed by atoms with Gasteiger partial charge in [-0.1, -0.05) is 44.2 Å². The third kappa shape index (κ3) is 4.22. The lowest BCUT2D eigenvalue weighted by atomic mass is 9.79. The molecule has 0 aliphatic carbocycles. The monoisotopic (exact) mass is 315 g/mol. The first kappa shape index (κ1) is 16.8. The van der Waals surface area contributed by atoms with Crippen molar-refractivity contribution in [1.82, 2.24) is 5.32 Å². The number of carbonyl (C=O) groups excluding carboxylic acids is 1. The molecule has 0 bridgehead atoms. The number of benzene rings is 1. The first-order chi connectivity index (χ1) is 10.8. The van der Waals surface area contributed by atoms with Gasteiger partial charge in [0.1, 0.15) is 0 Å². The summed E-state index contributed by atoms with van der Waals surface area (Å²) in [5.41, 5.74) is 1.11. The van der Waals surface area contributed by atoms with E-state index in [9.17, 15) is 9.59 Å². The van der Waals surface area contributed by atoms with Crippen LogP contribution in [0.15, 0.2) is 46.9 Å². The SMILES string of the molecule is CC(CC(C)(C)c1ccccc1)NC(=O)c1ccc(C(=O)O)o1.